The molecule has 1 N–H and O–H groups in total. The first-order valence-corrected chi connectivity index (χ1v) is 6.46. The predicted octanol–water partition coefficient (Wildman–Crippen LogP) is 2.60. The molecule has 2 aromatic heterocycles. The molecule has 1 atom stereocenters. The maximum atomic E-state index is 5.59. The Morgan fingerprint density at radius 1 is 1.44 bits per heavy atom. The molecule has 2 heterocycles. The monoisotopic (exact) mass is 247 g/mol. The molecule has 0 amide bonds. The Hall–Kier alpha value is -1.55. The third-order valence-electron chi connectivity index (χ3n) is 3.28. The Kier molecular flexibility index (Phi) is 4.20. The summed E-state index contributed by atoms with van der Waals surface area (Å²) in [5.74, 6) is 1.05. The third kappa shape index (κ3) is 2.82. The van der Waals surface area contributed by atoms with Crippen molar-refractivity contribution in [2.24, 2.45) is 7.05 Å². The fraction of sp³-hybridized carbons (Fsp3) is 0.500. The van der Waals surface area contributed by atoms with Crippen LogP contribution >= 0.6 is 0 Å². The van der Waals surface area contributed by atoms with E-state index >= 15 is 0 Å². The fourth-order valence-electron chi connectivity index (χ4n) is 2.25. The van der Waals surface area contributed by atoms with Crippen LogP contribution in [-0.2, 0) is 13.5 Å². The van der Waals surface area contributed by atoms with Gasteiger partial charge < -0.3 is 9.73 Å². The Morgan fingerprint density at radius 3 is 2.83 bits per heavy atom. The number of hydrogen-bond donors (Lipinski definition) is 1. The molecule has 0 fully saturated rings. The minimum Gasteiger partial charge on any atom is -0.467 e. The summed E-state index contributed by atoms with van der Waals surface area (Å²) in [5, 5.41) is 7.68. The zero-order valence-corrected chi connectivity index (χ0v) is 11.3. The van der Waals surface area contributed by atoms with Crippen LogP contribution in [0.15, 0.2) is 29.0 Å². The number of rotatable bonds is 6. The van der Waals surface area contributed by atoms with Gasteiger partial charge in [0, 0.05) is 18.9 Å². The largest absolute Gasteiger partial charge is 0.467 e. The first-order valence-electron chi connectivity index (χ1n) is 6.46. The minimum absolute atomic E-state index is 0.278. The smallest absolute Gasteiger partial charge is 0.123 e. The lowest BCUT2D eigenvalue weighted by atomic mass is 10.0. The predicted molar refractivity (Wildman–Crippen MR) is 71.4 cm³/mol. The van der Waals surface area contributed by atoms with Crippen molar-refractivity contribution in [1.29, 1.82) is 0 Å². The van der Waals surface area contributed by atoms with E-state index in [1.807, 2.05) is 24.0 Å². The van der Waals surface area contributed by atoms with E-state index < -0.39 is 0 Å². The first kappa shape index (κ1) is 12.9. The lowest BCUT2D eigenvalue weighted by molar-refractivity contribution is 0.396. The summed E-state index contributed by atoms with van der Waals surface area (Å²) >= 11 is 0. The summed E-state index contributed by atoms with van der Waals surface area (Å²) in [4.78, 5) is 0. The first-order chi connectivity index (χ1) is 8.72. The summed E-state index contributed by atoms with van der Waals surface area (Å²) in [6.45, 7) is 5.15. The normalized spacial score (nSPS) is 12.8. The Balaban J connectivity index is 2.03. The third-order valence-corrected chi connectivity index (χ3v) is 3.28. The van der Waals surface area contributed by atoms with Crippen LogP contribution < -0.4 is 5.32 Å². The van der Waals surface area contributed by atoms with Crippen molar-refractivity contribution < 1.29 is 4.42 Å². The van der Waals surface area contributed by atoms with Gasteiger partial charge in [0.1, 0.15) is 5.76 Å². The molecule has 0 aliphatic heterocycles. The molecule has 2 aromatic rings. The van der Waals surface area contributed by atoms with Crippen molar-refractivity contribution >= 4 is 0 Å². The van der Waals surface area contributed by atoms with Crippen LogP contribution in [0, 0.1) is 6.92 Å². The van der Waals surface area contributed by atoms with Crippen LogP contribution in [-0.4, -0.2) is 16.3 Å². The van der Waals surface area contributed by atoms with Gasteiger partial charge in [0.2, 0.25) is 0 Å². The standard InChI is InChI=1S/C14H21N3O/c1-4-15-13(14-11(2)8-10-18-14)6-5-12-7-9-16-17(12)3/h7-10,13,15H,4-6H2,1-3H3. The number of nitrogens with one attached hydrogen (secondary N) is 1. The minimum atomic E-state index is 0.278. The summed E-state index contributed by atoms with van der Waals surface area (Å²) < 4.78 is 7.52. The number of aromatic nitrogens is 2. The highest BCUT2D eigenvalue weighted by molar-refractivity contribution is 5.18. The van der Waals surface area contributed by atoms with Crippen molar-refractivity contribution in [2.45, 2.75) is 32.7 Å². The van der Waals surface area contributed by atoms with Gasteiger partial charge >= 0.3 is 0 Å². The van der Waals surface area contributed by atoms with E-state index in [0.717, 1.165) is 25.1 Å². The lowest BCUT2D eigenvalue weighted by Gasteiger charge is -2.16. The van der Waals surface area contributed by atoms with E-state index in [9.17, 15) is 0 Å². The molecule has 0 aliphatic rings. The second-order valence-electron chi connectivity index (χ2n) is 4.56. The topological polar surface area (TPSA) is 43.0 Å². The molecule has 0 spiro atoms. The highest BCUT2D eigenvalue weighted by atomic mass is 16.3. The molecule has 2 rings (SSSR count). The van der Waals surface area contributed by atoms with Crippen LogP contribution in [0.5, 0.6) is 0 Å². The number of aryl methyl sites for hydroxylation is 3. The van der Waals surface area contributed by atoms with Crippen LogP contribution in [0.25, 0.3) is 0 Å². The van der Waals surface area contributed by atoms with Gasteiger partial charge in [0.15, 0.2) is 0 Å². The molecular weight excluding hydrogens is 226 g/mol. The summed E-state index contributed by atoms with van der Waals surface area (Å²) in [6.07, 6.45) is 5.62. The van der Waals surface area contributed by atoms with Gasteiger partial charge in [-0.2, -0.15) is 5.10 Å². The Labute approximate surface area is 108 Å². The number of nitrogens with zero attached hydrogens (tertiary/aromatic N) is 2. The quantitative estimate of drug-likeness (QED) is 0.853. The SMILES string of the molecule is CCNC(CCc1ccnn1C)c1occc1C. The van der Waals surface area contributed by atoms with Gasteiger partial charge in [-0.15, -0.1) is 0 Å². The maximum absolute atomic E-state index is 5.59. The van der Waals surface area contributed by atoms with Gasteiger partial charge in [0.05, 0.1) is 12.3 Å². The molecule has 4 nitrogen and oxygen atoms in total. The Bertz CT molecular complexity index is 487. The van der Waals surface area contributed by atoms with Gasteiger partial charge in [0.25, 0.3) is 0 Å². The second-order valence-corrected chi connectivity index (χ2v) is 4.56. The van der Waals surface area contributed by atoms with Crippen LogP contribution in [0.1, 0.15) is 36.4 Å². The highest BCUT2D eigenvalue weighted by Gasteiger charge is 2.16. The van der Waals surface area contributed by atoms with Gasteiger partial charge in [-0.1, -0.05) is 6.92 Å². The molecule has 18 heavy (non-hydrogen) atoms. The lowest BCUT2D eigenvalue weighted by Crippen LogP contribution is -2.22. The average Bonchev–Trinajstić information content (AvgIpc) is 2.94. The van der Waals surface area contributed by atoms with E-state index in [1.165, 1.54) is 11.3 Å². The zero-order valence-electron chi connectivity index (χ0n) is 11.3. The van der Waals surface area contributed by atoms with E-state index in [2.05, 4.69) is 30.3 Å². The van der Waals surface area contributed by atoms with Crippen molar-refractivity contribution in [2.75, 3.05) is 6.54 Å². The molecule has 1 unspecified atom stereocenters. The summed E-state index contributed by atoms with van der Waals surface area (Å²) in [7, 11) is 1.98. The van der Waals surface area contributed by atoms with Gasteiger partial charge in [-0.3, -0.25) is 4.68 Å². The number of hydrogen-bond acceptors (Lipinski definition) is 3. The highest BCUT2D eigenvalue weighted by Crippen LogP contribution is 2.23. The molecule has 0 aliphatic carbocycles. The van der Waals surface area contributed by atoms with Gasteiger partial charge in [-0.05, 0) is 44.0 Å². The molecule has 98 valence electrons. The van der Waals surface area contributed by atoms with E-state index in [1.54, 1.807) is 6.26 Å². The molecule has 4 heteroatoms. The van der Waals surface area contributed by atoms with Crippen LogP contribution in [0.2, 0.25) is 0 Å². The molecule has 0 saturated heterocycles. The van der Waals surface area contributed by atoms with Crippen LogP contribution in [0.3, 0.4) is 0 Å². The molecule has 0 saturated carbocycles. The molecule has 0 radical (unpaired) electrons. The van der Waals surface area contributed by atoms with Crippen molar-refractivity contribution in [3.05, 3.63) is 41.6 Å². The molecule has 0 bridgehead atoms. The van der Waals surface area contributed by atoms with E-state index in [-0.39, 0.29) is 6.04 Å². The number of furan rings is 1. The average molecular weight is 247 g/mol. The van der Waals surface area contributed by atoms with Gasteiger partial charge in [-0.25, -0.2) is 0 Å². The van der Waals surface area contributed by atoms with E-state index in [0.29, 0.717) is 0 Å². The second kappa shape index (κ2) is 5.87. The molecule has 0 aromatic carbocycles. The summed E-state index contributed by atoms with van der Waals surface area (Å²) in [5.41, 5.74) is 2.47. The fourth-order valence-corrected chi connectivity index (χ4v) is 2.25. The van der Waals surface area contributed by atoms with Crippen molar-refractivity contribution in [1.82, 2.24) is 15.1 Å². The zero-order chi connectivity index (χ0) is 13.0. The van der Waals surface area contributed by atoms with Crippen molar-refractivity contribution in [3.63, 3.8) is 0 Å². The molecular formula is C14H21N3O. The van der Waals surface area contributed by atoms with Crippen LogP contribution in [0.4, 0.5) is 0 Å². The van der Waals surface area contributed by atoms with E-state index in [4.69, 9.17) is 4.42 Å². The summed E-state index contributed by atoms with van der Waals surface area (Å²) in [6, 6.07) is 4.36. The van der Waals surface area contributed by atoms with Crippen molar-refractivity contribution in [3.8, 4) is 0 Å². The maximum Gasteiger partial charge on any atom is 0.123 e. The Morgan fingerprint density at radius 2 is 2.28 bits per heavy atom.